The molecule has 1 N–H and O–H groups in total. The number of rotatable bonds is 10. The highest BCUT2D eigenvalue weighted by atomic mass is 15.2. The molecule has 2 heteroatoms. The topological polar surface area (TPSA) is 15.3 Å². The fourth-order valence-corrected chi connectivity index (χ4v) is 2.17. The Hall–Kier alpha value is -0.0800. The van der Waals surface area contributed by atoms with Gasteiger partial charge in [0.05, 0.1) is 0 Å². The average molecular weight is 214 g/mol. The van der Waals surface area contributed by atoms with Crippen LogP contribution in [0, 0.1) is 0 Å². The Morgan fingerprint density at radius 3 is 2.20 bits per heavy atom. The average Bonchev–Trinajstić information content (AvgIpc) is 2.25. The zero-order chi connectivity index (χ0) is 11.5. The molecule has 15 heavy (non-hydrogen) atoms. The summed E-state index contributed by atoms with van der Waals surface area (Å²) in [6.45, 7) is 9.03. The lowest BCUT2D eigenvalue weighted by Crippen LogP contribution is -2.40. The van der Waals surface area contributed by atoms with Crippen LogP contribution in [0.1, 0.15) is 59.3 Å². The molecule has 0 aliphatic carbocycles. The molecule has 0 rings (SSSR count). The van der Waals surface area contributed by atoms with Gasteiger partial charge in [-0.05, 0) is 26.4 Å². The van der Waals surface area contributed by atoms with E-state index in [1.165, 1.54) is 38.5 Å². The van der Waals surface area contributed by atoms with Crippen LogP contribution >= 0.6 is 0 Å². The van der Waals surface area contributed by atoms with Gasteiger partial charge in [-0.25, -0.2) is 0 Å². The van der Waals surface area contributed by atoms with Crippen molar-refractivity contribution in [1.82, 2.24) is 10.2 Å². The summed E-state index contributed by atoms with van der Waals surface area (Å²) in [4.78, 5) is 2.57. The minimum atomic E-state index is 0.791. The molecule has 92 valence electrons. The molecule has 0 aliphatic rings. The third-order valence-corrected chi connectivity index (χ3v) is 3.05. The lowest BCUT2D eigenvalue weighted by molar-refractivity contribution is 0.172. The lowest BCUT2D eigenvalue weighted by Gasteiger charge is -2.30. The minimum absolute atomic E-state index is 0.791. The van der Waals surface area contributed by atoms with Gasteiger partial charge in [-0.2, -0.15) is 0 Å². The van der Waals surface area contributed by atoms with Gasteiger partial charge in [0.1, 0.15) is 0 Å². The van der Waals surface area contributed by atoms with Gasteiger partial charge < -0.3 is 5.32 Å². The van der Waals surface area contributed by atoms with Crippen molar-refractivity contribution in [3.05, 3.63) is 0 Å². The summed E-state index contributed by atoms with van der Waals surface area (Å²) in [5.41, 5.74) is 0. The second-order valence-electron chi connectivity index (χ2n) is 4.35. The molecule has 0 aliphatic heterocycles. The molecule has 0 aromatic rings. The smallest absolute Gasteiger partial charge is 0.0480 e. The predicted molar refractivity (Wildman–Crippen MR) is 69.1 cm³/mol. The standard InChI is InChI=1S/C13H30N2/c1-5-8-9-11-13(10-6-2)15(7-3)12-14-4/h13-14H,5-12H2,1-4H3. The van der Waals surface area contributed by atoms with Gasteiger partial charge in [0.2, 0.25) is 0 Å². The maximum absolute atomic E-state index is 3.27. The number of nitrogens with one attached hydrogen (secondary N) is 1. The van der Waals surface area contributed by atoms with E-state index >= 15 is 0 Å². The Morgan fingerprint density at radius 2 is 1.73 bits per heavy atom. The first-order chi connectivity index (χ1) is 7.29. The lowest BCUT2D eigenvalue weighted by atomic mass is 10.0. The Labute approximate surface area is 96.4 Å². The highest BCUT2D eigenvalue weighted by Gasteiger charge is 2.14. The van der Waals surface area contributed by atoms with Crippen molar-refractivity contribution in [2.24, 2.45) is 0 Å². The number of hydrogen-bond donors (Lipinski definition) is 1. The molecule has 0 heterocycles. The molecule has 0 amide bonds. The van der Waals surface area contributed by atoms with Crippen LogP contribution in [0.25, 0.3) is 0 Å². The van der Waals surface area contributed by atoms with E-state index < -0.39 is 0 Å². The maximum atomic E-state index is 3.27. The van der Waals surface area contributed by atoms with Crippen molar-refractivity contribution in [1.29, 1.82) is 0 Å². The maximum Gasteiger partial charge on any atom is 0.0480 e. The fraction of sp³-hybridized carbons (Fsp3) is 1.00. The van der Waals surface area contributed by atoms with Crippen molar-refractivity contribution in [3.63, 3.8) is 0 Å². The molecule has 1 atom stereocenters. The first-order valence-corrected chi connectivity index (χ1v) is 6.68. The molecule has 1 unspecified atom stereocenters. The second-order valence-corrected chi connectivity index (χ2v) is 4.35. The molecule has 0 spiro atoms. The zero-order valence-corrected chi connectivity index (χ0v) is 11.2. The van der Waals surface area contributed by atoms with E-state index in [-0.39, 0.29) is 0 Å². The number of hydrogen-bond acceptors (Lipinski definition) is 2. The Bertz CT molecular complexity index is 126. The van der Waals surface area contributed by atoms with Crippen molar-refractivity contribution in [2.75, 3.05) is 20.3 Å². The molecule has 2 nitrogen and oxygen atoms in total. The highest BCUT2D eigenvalue weighted by molar-refractivity contribution is 4.69. The van der Waals surface area contributed by atoms with Crippen LogP contribution in [-0.2, 0) is 0 Å². The summed E-state index contributed by atoms with van der Waals surface area (Å²) in [5, 5.41) is 3.27. The molecule has 0 radical (unpaired) electrons. The van der Waals surface area contributed by atoms with Crippen molar-refractivity contribution in [2.45, 2.75) is 65.3 Å². The monoisotopic (exact) mass is 214 g/mol. The summed E-state index contributed by atoms with van der Waals surface area (Å²) in [7, 11) is 2.04. The summed E-state index contributed by atoms with van der Waals surface area (Å²) < 4.78 is 0. The van der Waals surface area contributed by atoms with E-state index in [4.69, 9.17) is 0 Å². The van der Waals surface area contributed by atoms with Gasteiger partial charge >= 0.3 is 0 Å². The van der Waals surface area contributed by atoms with Crippen molar-refractivity contribution < 1.29 is 0 Å². The van der Waals surface area contributed by atoms with Gasteiger partial charge in [0.25, 0.3) is 0 Å². The fourth-order valence-electron chi connectivity index (χ4n) is 2.17. The Balaban J connectivity index is 3.95. The first kappa shape index (κ1) is 14.9. The third-order valence-electron chi connectivity index (χ3n) is 3.05. The van der Waals surface area contributed by atoms with Crippen molar-refractivity contribution >= 4 is 0 Å². The van der Waals surface area contributed by atoms with E-state index in [2.05, 4.69) is 31.0 Å². The molecule has 0 fully saturated rings. The van der Waals surface area contributed by atoms with E-state index in [1.54, 1.807) is 0 Å². The minimum Gasteiger partial charge on any atom is -0.307 e. The van der Waals surface area contributed by atoms with E-state index in [9.17, 15) is 0 Å². The van der Waals surface area contributed by atoms with Gasteiger partial charge in [-0.3, -0.25) is 4.90 Å². The van der Waals surface area contributed by atoms with Crippen LogP contribution in [0.3, 0.4) is 0 Å². The van der Waals surface area contributed by atoms with E-state index in [0.717, 1.165) is 19.3 Å². The van der Waals surface area contributed by atoms with Gasteiger partial charge in [0.15, 0.2) is 0 Å². The van der Waals surface area contributed by atoms with Gasteiger partial charge in [-0.1, -0.05) is 46.5 Å². The summed E-state index contributed by atoms with van der Waals surface area (Å²) in [6, 6.07) is 0.791. The van der Waals surface area contributed by atoms with Crippen LogP contribution in [0.15, 0.2) is 0 Å². The third kappa shape index (κ3) is 6.91. The predicted octanol–water partition coefficient (Wildman–Crippen LogP) is 3.23. The molecule has 0 aromatic carbocycles. The first-order valence-electron chi connectivity index (χ1n) is 6.68. The SMILES string of the molecule is CCCCCC(CCC)N(CC)CNC. The largest absolute Gasteiger partial charge is 0.307 e. The molecular weight excluding hydrogens is 184 g/mol. The van der Waals surface area contributed by atoms with Crippen LogP contribution in [0.4, 0.5) is 0 Å². The summed E-state index contributed by atoms with van der Waals surface area (Å²) >= 11 is 0. The van der Waals surface area contributed by atoms with Crippen LogP contribution in [0.2, 0.25) is 0 Å². The Morgan fingerprint density at radius 1 is 1.00 bits per heavy atom. The van der Waals surface area contributed by atoms with Gasteiger partial charge in [-0.15, -0.1) is 0 Å². The van der Waals surface area contributed by atoms with E-state index in [0.29, 0.717) is 0 Å². The van der Waals surface area contributed by atoms with Crippen LogP contribution < -0.4 is 5.32 Å². The summed E-state index contributed by atoms with van der Waals surface area (Å²) in [6.07, 6.45) is 8.13. The quantitative estimate of drug-likeness (QED) is 0.444. The zero-order valence-electron chi connectivity index (χ0n) is 11.2. The Kier molecular flexibility index (Phi) is 10.4. The van der Waals surface area contributed by atoms with Crippen molar-refractivity contribution in [3.8, 4) is 0 Å². The molecular formula is C13H30N2. The number of nitrogens with zero attached hydrogens (tertiary/aromatic N) is 1. The van der Waals surface area contributed by atoms with Crippen LogP contribution in [0.5, 0.6) is 0 Å². The normalized spacial score (nSPS) is 13.4. The highest BCUT2D eigenvalue weighted by Crippen LogP contribution is 2.14. The molecule has 0 saturated heterocycles. The molecule has 0 aromatic heterocycles. The number of unbranched alkanes of at least 4 members (excludes halogenated alkanes) is 2. The van der Waals surface area contributed by atoms with Crippen LogP contribution in [-0.4, -0.2) is 31.2 Å². The summed E-state index contributed by atoms with van der Waals surface area (Å²) in [5.74, 6) is 0. The molecule has 0 bridgehead atoms. The second kappa shape index (κ2) is 10.4. The molecule has 0 saturated carbocycles. The van der Waals surface area contributed by atoms with Gasteiger partial charge in [0, 0.05) is 12.7 Å². The van der Waals surface area contributed by atoms with E-state index in [1.807, 2.05) is 7.05 Å².